The molecule has 0 aromatic heterocycles. The lowest BCUT2D eigenvalue weighted by atomic mass is 9.97. The van der Waals surface area contributed by atoms with Crippen LogP contribution in [0, 0.1) is 5.92 Å². The summed E-state index contributed by atoms with van der Waals surface area (Å²) in [7, 11) is 0. The van der Waals surface area contributed by atoms with Crippen molar-refractivity contribution in [3.8, 4) is 0 Å². The predicted molar refractivity (Wildman–Crippen MR) is 110 cm³/mol. The summed E-state index contributed by atoms with van der Waals surface area (Å²) in [5.41, 5.74) is 0.770. The van der Waals surface area contributed by atoms with E-state index in [2.05, 4.69) is 22.8 Å². The Morgan fingerprint density at radius 2 is 1.74 bits per heavy atom. The third-order valence-corrected chi connectivity index (χ3v) is 5.53. The Balaban J connectivity index is 1.41. The van der Waals surface area contributed by atoms with Crippen molar-refractivity contribution in [1.82, 2.24) is 10.2 Å². The molecule has 1 unspecified atom stereocenters. The third-order valence-electron chi connectivity index (χ3n) is 4.52. The molecule has 1 atom stereocenters. The number of hydrogen-bond acceptors (Lipinski definition) is 3. The van der Waals surface area contributed by atoms with E-state index in [0.717, 1.165) is 24.3 Å². The van der Waals surface area contributed by atoms with Crippen molar-refractivity contribution in [3.63, 3.8) is 0 Å². The summed E-state index contributed by atoms with van der Waals surface area (Å²) in [5, 5.41) is 5.91. The van der Waals surface area contributed by atoms with Gasteiger partial charge in [-0.25, -0.2) is 4.79 Å². The minimum absolute atomic E-state index is 0.0425. The topological polar surface area (TPSA) is 61.4 Å². The first-order chi connectivity index (χ1) is 13.2. The molecule has 1 fully saturated rings. The Kier molecular flexibility index (Phi) is 7.16. The van der Waals surface area contributed by atoms with E-state index in [1.807, 2.05) is 48.5 Å². The van der Waals surface area contributed by atoms with Gasteiger partial charge in [-0.2, -0.15) is 0 Å². The molecule has 3 amide bonds. The van der Waals surface area contributed by atoms with Gasteiger partial charge in [0, 0.05) is 36.0 Å². The molecule has 1 aliphatic heterocycles. The van der Waals surface area contributed by atoms with Crippen LogP contribution in [0.3, 0.4) is 0 Å². The maximum absolute atomic E-state index is 12.5. The van der Waals surface area contributed by atoms with Crippen LogP contribution in [0.25, 0.3) is 0 Å². The molecule has 27 heavy (non-hydrogen) atoms. The molecule has 142 valence electrons. The molecule has 5 nitrogen and oxygen atoms in total. The SMILES string of the molecule is O=C(NCCSc1ccccc1)C1CCCN(C(=O)Nc2ccccc2)C1. The molecule has 1 heterocycles. The highest BCUT2D eigenvalue weighted by Crippen LogP contribution is 2.19. The van der Waals surface area contributed by atoms with E-state index in [4.69, 9.17) is 0 Å². The fourth-order valence-electron chi connectivity index (χ4n) is 3.10. The van der Waals surface area contributed by atoms with Crippen molar-refractivity contribution in [2.75, 3.05) is 30.7 Å². The summed E-state index contributed by atoms with van der Waals surface area (Å²) in [6.07, 6.45) is 1.67. The average molecular weight is 384 g/mol. The number of carbonyl (C=O) groups excluding carboxylic acids is 2. The lowest BCUT2D eigenvalue weighted by molar-refractivity contribution is -0.126. The van der Waals surface area contributed by atoms with Crippen LogP contribution < -0.4 is 10.6 Å². The fraction of sp³-hybridized carbons (Fsp3) is 0.333. The third kappa shape index (κ3) is 6.03. The van der Waals surface area contributed by atoms with Crippen molar-refractivity contribution in [1.29, 1.82) is 0 Å². The zero-order valence-electron chi connectivity index (χ0n) is 15.3. The monoisotopic (exact) mass is 383 g/mol. The van der Waals surface area contributed by atoms with Crippen molar-refractivity contribution in [2.45, 2.75) is 17.7 Å². The second-order valence-electron chi connectivity index (χ2n) is 6.53. The predicted octanol–water partition coefficient (Wildman–Crippen LogP) is 3.84. The molecule has 1 saturated heterocycles. The first kappa shape index (κ1) is 19.3. The number of carbonyl (C=O) groups is 2. The molecule has 0 radical (unpaired) electrons. The van der Waals surface area contributed by atoms with Crippen molar-refractivity contribution in [3.05, 3.63) is 60.7 Å². The van der Waals surface area contributed by atoms with E-state index in [1.165, 1.54) is 4.90 Å². The van der Waals surface area contributed by atoms with Gasteiger partial charge in [-0.1, -0.05) is 36.4 Å². The van der Waals surface area contributed by atoms with Gasteiger partial charge in [-0.15, -0.1) is 11.8 Å². The van der Waals surface area contributed by atoms with Crippen LogP contribution in [-0.2, 0) is 4.79 Å². The Morgan fingerprint density at radius 3 is 2.48 bits per heavy atom. The molecule has 0 spiro atoms. The van der Waals surface area contributed by atoms with Crippen LogP contribution in [-0.4, -0.2) is 42.2 Å². The molecule has 0 bridgehead atoms. The number of urea groups is 1. The normalized spacial score (nSPS) is 16.6. The largest absolute Gasteiger partial charge is 0.355 e. The van der Waals surface area contributed by atoms with Gasteiger partial charge in [-0.3, -0.25) is 4.79 Å². The van der Waals surface area contributed by atoms with Crippen molar-refractivity contribution >= 4 is 29.4 Å². The van der Waals surface area contributed by atoms with E-state index in [1.54, 1.807) is 16.7 Å². The standard InChI is InChI=1S/C21H25N3O2S/c25-20(22-13-15-27-19-11-5-2-6-12-19)17-8-7-14-24(16-17)21(26)23-18-9-3-1-4-10-18/h1-6,9-12,17H,7-8,13-16H2,(H,22,25)(H,23,26). The Morgan fingerprint density at radius 1 is 1.04 bits per heavy atom. The van der Waals surface area contributed by atoms with Crippen LogP contribution in [0.5, 0.6) is 0 Å². The smallest absolute Gasteiger partial charge is 0.321 e. The summed E-state index contributed by atoms with van der Waals surface area (Å²) < 4.78 is 0. The number of benzene rings is 2. The number of likely N-dealkylation sites (tertiary alicyclic amines) is 1. The summed E-state index contributed by atoms with van der Waals surface area (Å²) in [5.74, 6) is 0.739. The number of hydrogen-bond donors (Lipinski definition) is 2. The Bertz CT molecular complexity index is 740. The molecule has 0 aliphatic carbocycles. The average Bonchev–Trinajstić information content (AvgIpc) is 2.72. The molecule has 2 aromatic carbocycles. The molecule has 3 rings (SSSR count). The van der Waals surface area contributed by atoms with Gasteiger partial charge in [0.25, 0.3) is 0 Å². The lowest BCUT2D eigenvalue weighted by Gasteiger charge is -2.32. The van der Waals surface area contributed by atoms with Crippen molar-refractivity contribution in [2.24, 2.45) is 5.92 Å². The fourth-order valence-corrected chi connectivity index (χ4v) is 3.89. The van der Waals surface area contributed by atoms with Crippen LogP contribution >= 0.6 is 11.8 Å². The van der Waals surface area contributed by atoms with Gasteiger partial charge in [0.1, 0.15) is 0 Å². The highest BCUT2D eigenvalue weighted by Gasteiger charge is 2.28. The second-order valence-corrected chi connectivity index (χ2v) is 7.70. The number of piperidine rings is 1. The minimum Gasteiger partial charge on any atom is -0.355 e. The first-order valence-electron chi connectivity index (χ1n) is 9.29. The molecule has 2 aromatic rings. The van der Waals surface area contributed by atoms with Crippen LogP contribution in [0.15, 0.2) is 65.6 Å². The summed E-state index contributed by atoms with van der Waals surface area (Å²) in [6, 6.07) is 19.4. The van der Waals surface area contributed by atoms with E-state index in [-0.39, 0.29) is 17.9 Å². The summed E-state index contributed by atoms with van der Waals surface area (Å²) in [6.45, 7) is 1.79. The molecule has 6 heteroatoms. The van der Waals surface area contributed by atoms with E-state index >= 15 is 0 Å². The van der Waals surface area contributed by atoms with E-state index in [9.17, 15) is 9.59 Å². The number of amides is 3. The number of rotatable bonds is 6. The molecule has 0 saturated carbocycles. The van der Waals surface area contributed by atoms with Crippen LogP contribution in [0.2, 0.25) is 0 Å². The summed E-state index contributed by atoms with van der Waals surface area (Å²) >= 11 is 1.73. The zero-order valence-corrected chi connectivity index (χ0v) is 16.1. The second kappa shape index (κ2) is 10.0. The molecular weight excluding hydrogens is 358 g/mol. The van der Waals surface area contributed by atoms with Crippen molar-refractivity contribution < 1.29 is 9.59 Å². The number of thioether (sulfide) groups is 1. The Hall–Kier alpha value is -2.47. The maximum atomic E-state index is 12.5. The van der Waals surface area contributed by atoms with Crippen LogP contribution in [0.4, 0.5) is 10.5 Å². The lowest BCUT2D eigenvalue weighted by Crippen LogP contribution is -2.47. The van der Waals surface area contributed by atoms with Gasteiger partial charge in [0.15, 0.2) is 0 Å². The molecular formula is C21H25N3O2S. The van der Waals surface area contributed by atoms with Gasteiger partial charge < -0.3 is 15.5 Å². The number of para-hydroxylation sites is 1. The van der Waals surface area contributed by atoms with Crippen LogP contribution in [0.1, 0.15) is 12.8 Å². The zero-order chi connectivity index (χ0) is 18.9. The highest BCUT2D eigenvalue weighted by molar-refractivity contribution is 7.99. The van der Waals surface area contributed by atoms with Gasteiger partial charge >= 0.3 is 6.03 Å². The summed E-state index contributed by atoms with van der Waals surface area (Å²) in [4.78, 5) is 27.8. The van der Waals surface area contributed by atoms with Gasteiger partial charge in [-0.05, 0) is 37.1 Å². The number of nitrogens with one attached hydrogen (secondary N) is 2. The highest BCUT2D eigenvalue weighted by atomic mass is 32.2. The number of nitrogens with zero attached hydrogens (tertiary/aromatic N) is 1. The molecule has 2 N–H and O–H groups in total. The van der Waals surface area contributed by atoms with E-state index in [0.29, 0.717) is 19.6 Å². The van der Waals surface area contributed by atoms with E-state index < -0.39 is 0 Å². The Labute approximate surface area is 164 Å². The minimum atomic E-state index is -0.140. The first-order valence-corrected chi connectivity index (χ1v) is 10.3. The maximum Gasteiger partial charge on any atom is 0.321 e. The van der Waals surface area contributed by atoms with Gasteiger partial charge in [0.05, 0.1) is 5.92 Å². The molecule has 1 aliphatic rings. The quantitative estimate of drug-likeness (QED) is 0.589. The van der Waals surface area contributed by atoms with Gasteiger partial charge in [0.2, 0.25) is 5.91 Å². The number of anilines is 1.